The van der Waals surface area contributed by atoms with Crippen LogP contribution >= 0.6 is 34.4 Å². The predicted octanol–water partition coefficient (Wildman–Crippen LogP) is 3.02. The molecule has 1 aliphatic rings. The van der Waals surface area contributed by atoms with E-state index in [1.54, 1.807) is 11.3 Å². The molecule has 4 rings (SSSR count). The van der Waals surface area contributed by atoms with Crippen LogP contribution in [0.3, 0.4) is 0 Å². The van der Waals surface area contributed by atoms with Gasteiger partial charge in [0.25, 0.3) is 5.91 Å². The highest BCUT2D eigenvalue weighted by Gasteiger charge is 2.22. The summed E-state index contributed by atoms with van der Waals surface area (Å²) in [6, 6.07) is 11.8. The molecule has 0 spiro atoms. The van der Waals surface area contributed by atoms with Gasteiger partial charge in [-0.3, -0.25) is 14.5 Å². The second-order valence-electron chi connectivity index (χ2n) is 6.70. The van der Waals surface area contributed by atoms with Gasteiger partial charge in [-0.15, -0.1) is 22.7 Å². The molecule has 29 heavy (non-hydrogen) atoms. The number of fused-ring (bicyclic) bond motifs is 1. The van der Waals surface area contributed by atoms with E-state index >= 15 is 0 Å². The summed E-state index contributed by atoms with van der Waals surface area (Å²) in [6.07, 6.45) is 0. The SMILES string of the molecule is O=C(CSc1nc2ccccc2s1)NCCN1CCN(C(=O)c2cccs2)CC1. The van der Waals surface area contributed by atoms with E-state index in [0.717, 1.165) is 52.2 Å². The summed E-state index contributed by atoms with van der Waals surface area (Å²) >= 11 is 4.59. The van der Waals surface area contributed by atoms with Crippen LogP contribution in [0.15, 0.2) is 46.1 Å². The van der Waals surface area contributed by atoms with E-state index in [2.05, 4.69) is 15.2 Å². The van der Waals surface area contributed by atoms with Gasteiger partial charge >= 0.3 is 0 Å². The molecule has 0 aliphatic carbocycles. The molecule has 1 aliphatic heterocycles. The molecule has 3 heterocycles. The van der Waals surface area contributed by atoms with Gasteiger partial charge in [-0.2, -0.15) is 0 Å². The zero-order valence-corrected chi connectivity index (χ0v) is 18.3. The average Bonchev–Trinajstić information content (AvgIpc) is 3.42. The van der Waals surface area contributed by atoms with E-state index in [0.29, 0.717) is 12.3 Å². The van der Waals surface area contributed by atoms with Crippen LogP contribution in [0, 0.1) is 0 Å². The number of benzene rings is 1. The summed E-state index contributed by atoms with van der Waals surface area (Å²) < 4.78 is 2.07. The van der Waals surface area contributed by atoms with E-state index in [4.69, 9.17) is 0 Å². The van der Waals surface area contributed by atoms with Gasteiger partial charge in [0, 0.05) is 39.3 Å². The minimum Gasteiger partial charge on any atom is -0.354 e. The Hall–Kier alpha value is -1.94. The lowest BCUT2D eigenvalue weighted by atomic mass is 10.3. The smallest absolute Gasteiger partial charge is 0.264 e. The maximum atomic E-state index is 12.4. The van der Waals surface area contributed by atoms with E-state index in [1.165, 1.54) is 23.1 Å². The summed E-state index contributed by atoms with van der Waals surface area (Å²) in [6.45, 7) is 4.58. The second-order valence-corrected chi connectivity index (χ2v) is 9.90. The van der Waals surface area contributed by atoms with E-state index < -0.39 is 0 Å². The van der Waals surface area contributed by atoms with Gasteiger partial charge in [0.05, 0.1) is 20.8 Å². The van der Waals surface area contributed by atoms with Crippen LogP contribution < -0.4 is 5.32 Å². The van der Waals surface area contributed by atoms with Crippen molar-refractivity contribution in [3.8, 4) is 0 Å². The van der Waals surface area contributed by atoms with E-state index in [1.807, 2.05) is 46.7 Å². The number of rotatable bonds is 7. The van der Waals surface area contributed by atoms with Crippen LogP contribution in [0.1, 0.15) is 9.67 Å². The van der Waals surface area contributed by atoms with E-state index in [-0.39, 0.29) is 11.8 Å². The summed E-state index contributed by atoms with van der Waals surface area (Å²) in [4.78, 5) is 34.0. The Bertz CT molecular complexity index is 932. The predicted molar refractivity (Wildman–Crippen MR) is 120 cm³/mol. The molecular formula is C20H22N4O2S3. The molecule has 0 atom stereocenters. The second kappa shape index (κ2) is 9.71. The van der Waals surface area contributed by atoms with Crippen molar-refractivity contribution in [1.29, 1.82) is 0 Å². The van der Waals surface area contributed by atoms with Gasteiger partial charge in [0.1, 0.15) is 0 Å². The van der Waals surface area contributed by atoms with Crippen LogP contribution in [-0.4, -0.2) is 71.6 Å². The van der Waals surface area contributed by atoms with Crippen molar-refractivity contribution >= 4 is 56.5 Å². The molecule has 0 radical (unpaired) electrons. The third-order valence-corrected chi connectivity index (χ3v) is 7.78. The average molecular weight is 447 g/mol. The lowest BCUT2D eigenvalue weighted by Gasteiger charge is -2.34. The number of carbonyl (C=O) groups excluding carboxylic acids is 2. The van der Waals surface area contributed by atoms with Crippen LogP contribution in [0.5, 0.6) is 0 Å². The molecule has 0 saturated carbocycles. The molecule has 152 valence electrons. The zero-order chi connectivity index (χ0) is 20.1. The van der Waals surface area contributed by atoms with Crippen molar-refractivity contribution in [3.63, 3.8) is 0 Å². The Labute approximate surface area is 181 Å². The number of amides is 2. The lowest BCUT2D eigenvalue weighted by molar-refractivity contribution is -0.118. The molecule has 1 fully saturated rings. The monoisotopic (exact) mass is 446 g/mol. The van der Waals surface area contributed by atoms with Gasteiger partial charge in [-0.05, 0) is 23.6 Å². The first kappa shape index (κ1) is 20.3. The van der Waals surface area contributed by atoms with Crippen LogP contribution in [-0.2, 0) is 4.79 Å². The molecular weight excluding hydrogens is 424 g/mol. The highest BCUT2D eigenvalue weighted by atomic mass is 32.2. The Balaban J connectivity index is 1.13. The first-order chi connectivity index (χ1) is 14.2. The summed E-state index contributed by atoms with van der Waals surface area (Å²) in [7, 11) is 0. The topological polar surface area (TPSA) is 65.5 Å². The Morgan fingerprint density at radius 2 is 1.93 bits per heavy atom. The Morgan fingerprint density at radius 1 is 1.10 bits per heavy atom. The first-order valence-corrected chi connectivity index (χ1v) is 12.2. The number of thioether (sulfide) groups is 1. The van der Waals surface area contributed by atoms with Gasteiger partial charge in [-0.25, -0.2) is 4.98 Å². The first-order valence-electron chi connectivity index (χ1n) is 9.49. The lowest BCUT2D eigenvalue weighted by Crippen LogP contribution is -2.50. The quantitative estimate of drug-likeness (QED) is 0.565. The van der Waals surface area contributed by atoms with Gasteiger partial charge in [0.2, 0.25) is 5.91 Å². The Morgan fingerprint density at radius 3 is 2.69 bits per heavy atom. The molecule has 6 nitrogen and oxygen atoms in total. The third-order valence-electron chi connectivity index (χ3n) is 4.74. The molecule has 9 heteroatoms. The number of hydrogen-bond acceptors (Lipinski definition) is 7. The molecule has 3 aromatic rings. The molecule has 1 saturated heterocycles. The van der Waals surface area contributed by atoms with Crippen LogP contribution in [0.2, 0.25) is 0 Å². The number of hydrogen-bond donors (Lipinski definition) is 1. The fourth-order valence-electron chi connectivity index (χ4n) is 3.18. The number of nitrogens with zero attached hydrogens (tertiary/aromatic N) is 3. The summed E-state index contributed by atoms with van der Waals surface area (Å²) in [5.41, 5.74) is 0.983. The fourth-order valence-corrected chi connectivity index (χ4v) is 5.76. The van der Waals surface area contributed by atoms with Crippen molar-refractivity contribution in [1.82, 2.24) is 20.1 Å². The maximum absolute atomic E-state index is 12.4. The molecule has 2 amide bonds. The normalized spacial score (nSPS) is 15.0. The molecule has 1 N–H and O–H groups in total. The number of thiazole rings is 1. The van der Waals surface area contributed by atoms with Gasteiger partial charge < -0.3 is 10.2 Å². The third kappa shape index (κ3) is 5.36. The fraction of sp³-hybridized carbons (Fsp3) is 0.350. The standard InChI is InChI=1S/C20H22N4O2S3/c25-18(14-28-20-22-15-4-1-2-5-16(15)29-20)21-7-8-23-9-11-24(12-10-23)19(26)17-6-3-13-27-17/h1-6,13H,7-12,14H2,(H,21,25). The molecule has 1 aromatic carbocycles. The highest BCUT2D eigenvalue weighted by Crippen LogP contribution is 2.29. The summed E-state index contributed by atoms with van der Waals surface area (Å²) in [5, 5.41) is 4.92. The largest absolute Gasteiger partial charge is 0.354 e. The highest BCUT2D eigenvalue weighted by molar-refractivity contribution is 8.01. The summed E-state index contributed by atoms with van der Waals surface area (Å²) in [5.74, 6) is 0.531. The maximum Gasteiger partial charge on any atom is 0.264 e. The minimum absolute atomic E-state index is 0.0285. The zero-order valence-electron chi connectivity index (χ0n) is 15.9. The minimum atomic E-state index is 0.0285. The Kier molecular flexibility index (Phi) is 6.81. The van der Waals surface area contributed by atoms with Crippen molar-refractivity contribution in [3.05, 3.63) is 46.7 Å². The van der Waals surface area contributed by atoms with Crippen LogP contribution in [0.4, 0.5) is 0 Å². The van der Waals surface area contributed by atoms with E-state index in [9.17, 15) is 9.59 Å². The number of piperazine rings is 1. The van der Waals surface area contributed by atoms with Crippen LogP contribution in [0.25, 0.3) is 10.2 Å². The molecule has 0 bridgehead atoms. The molecule has 0 unspecified atom stereocenters. The van der Waals surface area contributed by atoms with Gasteiger partial charge in [-0.1, -0.05) is 30.0 Å². The number of nitrogens with one attached hydrogen (secondary N) is 1. The number of thiophene rings is 1. The van der Waals surface area contributed by atoms with Crippen molar-refractivity contribution in [2.24, 2.45) is 0 Å². The van der Waals surface area contributed by atoms with Crippen molar-refractivity contribution < 1.29 is 9.59 Å². The number of para-hydroxylation sites is 1. The van der Waals surface area contributed by atoms with Crippen molar-refractivity contribution in [2.75, 3.05) is 45.0 Å². The molecule has 2 aromatic heterocycles. The van der Waals surface area contributed by atoms with Gasteiger partial charge in [0.15, 0.2) is 4.34 Å². The van der Waals surface area contributed by atoms with Crippen molar-refractivity contribution in [2.45, 2.75) is 4.34 Å². The number of carbonyl (C=O) groups is 2. The number of aromatic nitrogens is 1.